The molecule has 0 spiro atoms. The predicted octanol–water partition coefficient (Wildman–Crippen LogP) is 6.29. The van der Waals surface area contributed by atoms with Gasteiger partial charge in [-0.3, -0.25) is 0 Å². The Hall–Kier alpha value is -2.40. The third-order valence-corrected chi connectivity index (χ3v) is 6.59. The van der Waals surface area contributed by atoms with Crippen LogP contribution in [-0.2, 0) is 10.8 Å². The van der Waals surface area contributed by atoms with Crippen LogP contribution in [0.5, 0.6) is 0 Å². The van der Waals surface area contributed by atoms with Crippen molar-refractivity contribution < 1.29 is 0 Å². The van der Waals surface area contributed by atoms with Crippen molar-refractivity contribution in [3.05, 3.63) is 65.2 Å². The Morgan fingerprint density at radius 2 is 1.23 bits per heavy atom. The summed E-state index contributed by atoms with van der Waals surface area (Å²) in [5.41, 5.74) is 6.13. The Bertz CT molecular complexity index is 1080. The van der Waals surface area contributed by atoms with Crippen LogP contribution in [-0.4, -0.2) is 25.8 Å². The number of aromatic nitrogens is 3. The van der Waals surface area contributed by atoms with Crippen molar-refractivity contribution in [1.29, 1.82) is 0 Å². The van der Waals surface area contributed by atoms with Crippen LogP contribution in [0.25, 0.3) is 11.4 Å². The van der Waals surface area contributed by atoms with Gasteiger partial charge in [0.1, 0.15) is 0 Å². The summed E-state index contributed by atoms with van der Waals surface area (Å²) in [6.07, 6.45) is 0. The fraction of sp³-hybridized carbons (Fsp3) is 0.400. The van der Waals surface area contributed by atoms with Gasteiger partial charge in [0.15, 0.2) is 5.82 Å². The molecule has 2 heterocycles. The fourth-order valence-corrected chi connectivity index (χ4v) is 4.49. The average Bonchev–Trinajstić information content (AvgIpc) is 3.09. The number of hydrogen-bond acceptors (Lipinski definition) is 4. The first-order chi connectivity index (χ1) is 14.0. The molecular weight excluding hydrogens is 388 g/mol. The molecule has 0 bridgehead atoms. The summed E-state index contributed by atoms with van der Waals surface area (Å²) >= 11 is 1.71. The Morgan fingerprint density at radius 3 is 1.73 bits per heavy atom. The van der Waals surface area contributed by atoms with Gasteiger partial charge in [0.2, 0.25) is 5.16 Å². The van der Waals surface area contributed by atoms with Gasteiger partial charge in [0.05, 0.1) is 11.0 Å². The molecule has 5 heteroatoms. The molecule has 156 valence electrons. The summed E-state index contributed by atoms with van der Waals surface area (Å²) < 4.78 is 1.89. The molecule has 0 fully saturated rings. The number of fused-ring (bicyclic) bond motifs is 1. The largest absolute Gasteiger partial charge is 0.213 e. The lowest BCUT2D eigenvalue weighted by Crippen LogP contribution is -2.22. The zero-order valence-corrected chi connectivity index (χ0v) is 19.7. The minimum absolute atomic E-state index is 0.124. The highest BCUT2D eigenvalue weighted by atomic mass is 32.2. The molecule has 30 heavy (non-hydrogen) atoms. The van der Waals surface area contributed by atoms with E-state index < -0.39 is 0 Å². The fourth-order valence-electron chi connectivity index (χ4n) is 3.56. The third-order valence-electron chi connectivity index (χ3n) is 5.54. The van der Waals surface area contributed by atoms with E-state index in [0.29, 0.717) is 0 Å². The highest BCUT2D eigenvalue weighted by Crippen LogP contribution is 2.34. The summed E-state index contributed by atoms with van der Waals surface area (Å²) in [7, 11) is 0. The molecule has 0 amide bonds. The summed E-state index contributed by atoms with van der Waals surface area (Å²) in [4.78, 5) is 0. The standard InChI is InChI=1S/C25H30N4S/c1-16-21(17-8-12-19(13-9-17)24(2,3)4)28-29-22(26-27-23(29)30-16)18-10-14-20(15-11-18)25(5,6)7/h8-16H,1-7H3. The van der Waals surface area contributed by atoms with Crippen molar-refractivity contribution in [3.63, 3.8) is 0 Å². The van der Waals surface area contributed by atoms with Crippen LogP contribution in [0.15, 0.2) is 58.8 Å². The van der Waals surface area contributed by atoms with E-state index >= 15 is 0 Å². The quantitative estimate of drug-likeness (QED) is 0.491. The first-order valence-corrected chi connectivity index (χ1v) is 11.3. The molecule has 0 aliphatic carbocycles. The molecule has 4 nitrogen and oxygen atoms in total. The van der Waals surface area contributed by atoms with Crippen LogP contribution in [0, 0.1) is 0 Å². The van der Waals surface area contributed by atoms with Crippen molar-refractivity contribution >= 4 is 17.5 Å². The second-order valence-corrected chi connectivity index (χ2v) is 11.3. The highest BCUT2D eigenvalue weighted by Gasteiger charge is 2.27. The summed E-state index contributed by atoms with van der Waals surface area (Å²) in [6.45, 7) is 15.6. The van der Waals surface area contributed by atoms with Gasteiger partial charge < -0.3 is 0 Å². The zero-order valence-electron chi connectivity index (χ0n) is 18.9. The van der Waals surface area contributed by atoms with E-state index in [9.17, 15) is 0 Å². The smallest absolute Gasteiger partial charge is 0.187 e. The molecule has 1 aliphatic heterocycles. The van der Waals surface area contributed by atoms with Crippen LogP contribution in [0.1, 0.15) is 65.2 Å². The van der Waals surface area contributed by atoms with E-state index in [-0.39, 0.29) is 16.1 Å². The van der Waals surface area contributed by atoms with E-state index in [1.165, 1.54) is 11.1 Å². The van der Waals surface area contributed by atoms with Gasteiger partial charge in [0.25, 0.3) is 0 Å². The van der Waals surface area contributed by atoms with Gasteiger partial charge in [-0.15, -0.1) is 10.2 Å². The van der Waals surface area contributed by atoms with Crippen LogP contribution in [0.3, 0.4) is 0 Å². The van der Waals surface area contributed by atoms with Crippen LogP contribution >= 0.6 is 11.8 Å². The first kappa shape index (κ1) is 20.9. The van der Waals surface area contributed by atoms with Gasteiger partial charge in [-0.2, -0.15) is 9.78 Å². The van der Waals surface area contributed by atoms with Crippen molar-refractivity contribution in [1.82, 2.24) is 14.9 Å². The molecule has 0 saturated heterocycles. The van der Waals surface area contributed by atoms with E-state index in [4.69, 9.17) is 5.10 Å². The first-order valence-electron chi connectivity index (χ1n) is 10.5. The van der Waals surface area contributed by atoms with Crippen LogP contribution < -0.4 is 0 Å². The number of thioether (sulfide) groups is 1. The summed E-state index contributed by atoms with van der Waals surface area (Å²) in [6, 6.07) is 17.4. The third kappa shape index (κ3) is 3.95. The minimum Gasteiger partial charge on any atom is -0.187 e. The van der Waals surface area contributed by atoms with E-state index in [1.807, 2.05) is 4.68 Å². The SMILES string of the molecule is CC1Sc2nnc(-c3ccc(C(C)(C)C)cc3)n2N=C1c1ccc(C(C)(C)C)cc1. The van der Waals surface area contributed by atoms with E-state index in [1.54, 1.807) is 11.8 Å². The lowest BCUT2D eigenvalue weighted by Gasteiger charge is -2.22. The number of hydrogen-bond donors (Lipinski definition) is 0. The molecule has 0 N–H and O–H groups in total. The highest BCUT2D eigenvalue weighted by molar-refractivity contribution is 8.00. The average molecular weight is 419 g/mol. The predicted molar refractivity (Wildman–Crippen MR) is 127 cm³/mol. The number of benzene rings is 2. The van der Waals surface area contributed by atoms with Gasteiger partial charge in [-0.1, -0.05) is 102 Å². The molecule has 0 radical (unpaired) electrons. The van der Waals surface area contributed by atoms with Gasteiger partial charge >= 0.3 is 0 Å². The Labute approximate surface area is 183 Å². The van der Waals surface area contributed by atoms with Gasteiger partial charge in [-0.25, -0.2) is 0 Å². The molecular formula is C25H30N4S. The molecule has 1 aliphatic rings. The second kappa shape index (κ2) is 7.38. The van der Waals surface area contributed by atoms with Crippen LogP contribution in [0.2, 0.25) is 0 Å². The Morgan fingerprint density at radius 1 is 0.733 bits per heavy atom. The van der Waals surface area contributed by atoms with E-state index in [2.05, 4.69) is 107 Å². The molecule has 1 aromatic heterocycles. The number of rotatable bonds is 2. The zero-order chi connectivity index (χ0) is 21.7. The molecule has 1 unspecified atom stereocenters. The minimum atomic E-state index is 0.124. The summed E-state index contributed by atoms with van der Waals surface area (Å²) in [5, 5.41) is 14.9. The lowest BCUT2D eigenvalue weighted by atomic mass is 9.86. The van der Waals surface area contributed by atoms with Crippen molar-refractivity contribution in [2.45, 2.75) is 69.7 Å². The van der Waals surface area contributed by atoms with Gasteiger partial charge in [-0.05, 0) is 34.4 Å². The van der Waals surface area contributed by atoms with Crippen molar-refractivity contribution in [2.75, 3.05) is 0 Å². The van der Waals surface area contributed by atoms with Crippen LogP contribution in [0.4, 0.5) is 0 Å². The number of nitrogens with zero attached hydrogens (tertiary/aromatic N) is 4. The second-order valence-electron chi connectivity index (χ2n) is 10.0. The topological polar surface area (TPSA) is 43.1 Å². The molecule has 3 aromatic rings. The van der Waals surface area contributed by atoms with Crippen molar-refractivity contribution in [3.8, 4) is 11.4 Å². The van der Waals surface area contributed by atoms with E-state index in [0.717, 1.165) is 27.8 Å². The lowest BCUT2D eigenvalue weighted by molar-refractivity contribution is 0.590. The Kier molecular flexibility index (Phi) is 5.13. The monoisotopic (exact) mass is 418 g/mol. The normalized spacial score (nSPS) is 16.9. The maximum Gasteiger partial charge on any atom is 0.213 e. The Balaban J connectivity index is 1.72. The van der Waals surface area contributed by atoms with Gasteiger partial charge in [0, 0.05) is 5.56 Å². The maximum absolute atomic E-state index is 4.98. The molecule has 4 rings (SSSR count). The maximum atomic E-state index is 4.98. The summed E-state index contributed by atoms with van der Waals surface area (Å²) in [5.74, 6) is 0.786. The molecule has 1 atom stereocenters. The molecule has 0 saturated carbocycles. The van der Waals surface area contributed by atoms with Crippen molar-refractivity contribution in [2.24, 2.45) is 5.10 Å². The molecule has 2 aromatic carbocycles.